The number of benzene rings is 1. The SMILES string of the molecule is CCOC(=O)C1=C(N)N2C(=O)CCSC2=C(C#N)C1c1ccc(OC)c(OC)c1. The van der Waals surface area contributed by atoms with Crippen molar-refractivity contribution in [2.45, 2.75) is 19.3 Å². The number of carbonyl (C=O) groups is 2. The largest absolute Gasteiger partial charge is 0.493 e. The van der Waals surface area contributed by atoms with Gasteiger partial charge in [-0.1, -0.05) is 6.07 Å². The van der Waals surface area contributed by atoms with Gasteiger partial charge in [0.05, 0.1) is 49.0 Å². The highest BCUT2D eigenvalue weighted by Gasteiger charge is 2.43. The highest BCUT2D eigenvalue weighted by molar-refractivity contribution is 8.03. The number of carbonyl (C=O) groups excluding carboxylic acids is 2. The zero-order valence-corrected chi connectivity index (χ0v) is 17.2. The molecule has 1 atom stereocenters. The molecule has 0 radical (unpaired) electrons. The molecule has 1 aromatic rings. The first-order valence-electron chi connectivity index (χ1n) is 8.97. The van der Waals surface area contributed by atoms with Crippen molar-refractivity contribution in [3.05, 3.63) is 45.8 Å². The molecule has 0 bridgehead atoms. The van der Waals surface area contributed by atoms with E-state index in [0.29, 0.717) is 27.8 Å². The predicted octanol–water partition coefficient (Wildman–Crippen LogP) is 2.24. The minimum absolute atomic E-state index is 0.00515. The van der Waals surface area contributed by atoms with E-state index in [1.54, 1.807) is 25.1 Å². The van der Waals surface area contributed by atoms with Gasteiger partial charge in [-0.05, 0) is 24.6 Å². The number of hydrogen-bond donors (Lipinski definition) is 1. The second-order valence-corrected chi connectivity index (χ2v) is 7.31. The number of nitrogens with zero attached hydrogens (tertiary/aromatic N) is 2. The van der Waals surface area contributed by atoms with Gasteiger partial charge in [0.1, 0.15) is 5.82 Å². The molecule has 2 N–H and O–H groups in total. The van der Waals surface area contributed by atoms with Crippen LogP contribution >= 0.6 is 11.8 Å². The topological polar surface area (TPSA) is 115 Å². The van der Waals surface area contributed by atoms with Crippen molar-refractivity contribution in [2.24, 2.45) is 5.73 Å². The number of methoxy groups -OCH3 is 2. The maximum absolute atomic E-state index is 12.8. The summed E-state index contributed by atoms with van der Waals surface area (Å²) < 4.78 is 15.9. The van der Waals surface area contributed by atoms with Crippen molar-refractivity contribution < 1.29 is 23.8 Å². The Balaban J connectivity index is 2.25. The number of esters is 1. The van der Waals surface area contributed by atoms with Gasteiger partial charge in [0.25, 0.3) is 0 Å². The van der Waals surface area contributed by atoms with E-state index in [4.69, 9.17) is 19.9 Å². The third-order valence-corrected chi connectivity index (χ3v) is 5.77. The average molecular weight is 415 g/mol. The van der Waals surface area contributed by atoms with E-state index >= 15 is 0 Å². The van der Waals surface area contributed by atoms with Gasteiger partial charge in [0.2, 0.25) is 5.91 Å². The molecule has 1 fully saturated rings. The van der Waals surface area contributed by atoms with Crippen LogP contribution in [-0.4, -0.2) is 43.4 Å². The molecule has 0 aliphatic carbocycles. The summed E-state index contributed by atoms with van der Waals surface area (Å²) in [5.41, 5.74) is 7.24. The molecule has 152 valence electrons. The number of hydrogen-bond acceptors (Lipinski definition) is 8. The quantitative estimate of drug-likeness (QED) is 0.728. The van der Waals surface area contributed by atoms with Gasteiger partial charge >= 0.3 is 5.97 Å². The molecule has 2 aliphatic heterocycles. The number of amides is 1. The van der Waals surface area contributed by atoms with Gasteiger partial charge in [0.15, 0.2) is 11.5 Å². The Morgan fingerprint density at radius 2 is 2.07 bits per heavy atom. The standard InChI is InChI=1S/C20H21N3O5S/c1-4-28-20(25)17-16(11-5-6-13(26-2)14(9-11)27-3)12(10-21)19-23(18(17)22)15(24)7-8-29-19/h5-6,9,16H,4,7-8,22H2,1-3H3. The number of nitriles is 1. The average Bonchev–Trinajstić information content (AvgIpc) is 2.73. The van der Waals surface area contributed by atoms with Gasteiger partial charge < -0.3 is 19.9 Å². The number of allylic oxidation sites excluding steroid dienone is 1. The molecule has 1 aromatic carbocycles. The molecule has 2 aliphatic rings. The lowest BCUT2D eigenvalue weighted by molar-refractivity contribution is -0.139. The van der Waals surface area contributed by atoms with Crippen molar-refractivity contribution in [3.8, 4) is 17.6 Å². The lowest BCUT2D eigenvalue weighted by Crippen LogP contribution is -2.42. The van der Waals surface area contributed by atoms with Gasteiger partial charge in [0, 0.05) is 12.2 Å². The fourth-order valence-electron chi connectivity index (χ4n) is 3.41. The number of rotatable bonds is 5. The first-order valence-corrected chi connectivity index (χ1v) is 9.95. The summed E-state index contributed by atoms with van der Waals surface area (Å²) in [6.45, 7) is 1.81. The monoisotopic (exact) mass is 415 g/mol. The molecule has 2 heterocycles. The van der Waals surface area contributed by atoms with Crippen LogP contribution in [0.25, 0.3) is 0 Å². The van der Waals surface area contributed by atoms with Gasteiger partial charge in [-0.25, -0.2) is 4.79 Å². The molecule has 0 saturated carbocycles. The maximum Gasteiger partial charge on any atom is 0.338 e. The molecule has 1 amide bonds. The highest BCUT2D eigenvalue weighted by atomic mass is 32.2. The third kappa shape index (κ3) is 3.51. The van der Waals surface area contributed by atoms with E-state index < -0.39 is 11.9 Å². The van der Waals surface area contributed by atoms with Gasteiger partial charge in [-0.2, -0.15) is 5.26 Å². The Labute approximate surface area is 172 Å². The highest BCUT2D eigenvalue weighted by Crippen LogP contribution is 2.47. The smallest absolute Gasteiger partial charge is 0.338 e. The molecule has 29 heavy (non-hydrogen) atoms. The summed E-state index contributed by atoms with van der Waals surface area (Å²) in [5, 5.41) is 10.4. The molecule has 0 spiro atoms. The van der Waals surface area contributed by atoms with Crippen molar-refractivity contribution in [3.63, 3.8) is 0 Å². The van der Waals surface area contributed by atoms with Crippen LogP contribution in [0.4, 0.5) is 0 Å². The zero-order valence-electron chi connectivity index (χ0n) is 16.4. The van der Waals surface area contributed by atoms with Crippen molar-refractivity contribution >= 4 is 23.6 Å². The lowest BCUT2D eigenvalue weighted by Gasteiger charge is -2.37. The van der Waals surface area contributed by atoms with Crippen LogP contribution in [0.2, 0.25) is 0 Å². The molecule has 9 heteroatoms. The van der Waals surface area contributed by atoms with E-state index in [1.165, 1.54) is 30.9 Å². The zero-order chi connectivity index (χ0) is 21.1. The molecule has 1 saturated heterocycles. The molecule has 8 nitrogen and oxygen atoms in total. The maximum atomic E-state index is 12.8. The summed E-state index contributed by atoms with van der Waals surface area (Å²) >= 11 is 1.37. The number of ether oxygens (including phenoxy) is 3. The van der Waals surface area contributed by atoms with Crippen LogP contribution in [0.1, 0.15) is 24.8 Å². The summed E-state index contributed by atoms with van der Waals surface area (Å²) in [4.78, 5) is 26.6. The van der Waals surface area contributed by atoms with E-state index in [0.717, 1.165) is 0 Å². The predicted molar refractivity (Wildman–Crippen MR) is 107 cm³/mol. The van der Waals surface area contributed by atoms with Crippen LogP contribution < -0.4 is 15.2 Å². The molecular weight excluding hydrogens is 394 g/mol. The van der Waals surface area contributed by atoms with Crippen molar-refractivity contribution in [2.75, 3.05) is 26.6 Å². The first kappa shape index (κ1) is 20.6. The number of thioether (sulfide) groups is 1. The second-order valence-electron chi connectivity index (χ2n) is 6.23. The fraction of sp³-hybridized carbons (Fsp3) is 0.350. The lowest BCUT2D eigenvalue weighted by atomic mass is 9.82. The van der Waals surface area contributed by atoms with Crippen molar-refractivity contribution in [1.29, 1.82) is 5.26 Å². The van der Waals surface area contributed by atoms with Gasteiger partial charge in [-0.3, -0.25) is 9.69 Å². The second kappa shape index (κ2) is 8.49. The summed E-state index contributed by atoms with van der Waals surface area (Å²) in [5.74, 6) is -0.216. The van der Waals surface area contributed by atoms with E-state index in [9.17, 15) is 14.9 Å². The first-order chi connectivity index (χ1) is 14.0. The van der Waals surface area contributed by atoms with E-state index in [-0.39, 0.29) is 35.9 Å². The van der Waals surface area contributed by atoms with Crippen LogP contribution in [0.15, 0.2) is 40.2 Å². The minimum Gasteiger partial charge on any atom is -0.493 e. The Hall–Kier alpha value is -3.12. The Morgan fingerprint density at radius 1 is 1.34 bits per heavy atom. The van der Waals surface area contributed by atoms with Crippen LogP contribution in [0.5, 0.6) is 11.5 Å². The molecule has 1 unspecified atom stereocenters. The summed E-state index contributed by atoms with van der Waals surface area (Å²) in [7, 11) is 3.02. The normalized spacial score (nSPS) is 18.9. The fourth-order valence-corrected chi connectivity index (χ4v) is 4.53. The Bertz CT molecular complexity index is 963. The molecule has 3 rings (SSSR count). The number of nitrogens with two attached hydrogens (primary N) is 1. The minimum atomic E-state index is -0.788. The Kier molecular flexibility index (Phi) is 6.03. The summed E-state index contributed by atoms with van der Waals surface area (Å²) in [6, 6.07) is 7.30. The van der Waals surface area contributed by atoms with Crippen LogP contribution in [0, 0.1) is 11.3 Å². The number of fused-ring (bicyclic) bond motifs is 1. The molecular formula is C20H21N3O5S. The summed E-state index contributed by atoms with van der Waals surface area (Å²) in [6.07, 6.45) is 0.269. The van der Waals surface area contributed by atoms with Gasteiger partial charge in [-0.15, -0.1) is 11.8 Å². The van der Waals surface area contributed by atoms with E-state index in [1.807, 2.05) is 0 Å². The Morgan fingerprint density at radius 3 is 2.69 bits per heavy atom. The molecule has 0 aromatic heterocycles. The van der Waals surface area contributed by atoms with Crippen LogP contribution in [0.3, 0.4) is 0 Å². The van der Waals surface area contributed by atoms with Crippen molar-refractivity contribution in [1.82, 2.24) is 4.90 Å². The third-order valence-electron chi connectivity index (χ3n) is 4.69. The van der Waals surface area contributed by atoms with Crippen LogP contribution in [-0.2, 0) is 14.3 Å². The van der Waals surface area contributed by atoms with E-state index in [2.05, 4.69) is 6.07 Å².